The Morgan fingerprint density at radius 1 is 1.67 bits per heavy atom. The highest BCUT2D eigenvalue weighted by Gasteiger charge is 2.28. The number of aromatic nitrogens is 1. The van der Waals surface area contributed by atoms with Crippen LogP contribution in [0, 0.1) is 10.1 Å². The minimum absolute atomic E-state index is 0.212. The second kappa shape index (κ2) is 5.76. The third-order valence-electron chi connectivity index (χ3n) is 2.54. The third kappa shape index (κ3) is 2.76. The molecular formula is C10H12BrN3O4. The minimum atomic E-state index is -1.03. The van der Waals surface area contributed by atoms with Crippen molar-refractivity contribution in [2.75, 3.05) is 11.9 Å². The molecule has 7 nitrogen and oxygen atoms in total. The first-order chi connectivity index (χ1) is 8.40. The average molecular weight is 318 g/mol. The lowest BCUT2D eigenvalue weighted by Crippen LogP contribution is -2.38. The van der Waals surface area contributed by atoms with E-state index in [0.717, 1.165) is 6.20 Å². The lowest BCUT2D eigenvalue weighted by molar-refractivity contribution is -0.384. The van der Waals surface area contributed by atoms with Crippen LogP contribution in [0.15, 0.2) is 16.9 Å². The molecule has 8 heteroatoms. The predicted molar refractivity (Wildman–Crippen MR) is 68.7 cm³/mol. The first-order valence-electron chi connectivity index (χ1n) is 5.13. The maximum Gasteiger partial charge on any atom is 0.326 e. The maximum atomic E-state index is 11.1. The van der Waals surface area contributed by atoms with Gasteiger partial charge >= 0.3 is 11.7 Å². The van der Waals surface area contributed by atoms with Gasteiger partial charge in [-0.25, -0.2) is 4.79 Å². The number of nitrogens with zero attached hydrogens (tertiary/aromatic N) is 3. The van der Waals surface area contributed by atoms with E-state index < -0.39 is 16.9 Å². The minimum Gasteiger partial charge on any atom is -0.480 e. The fraction of sp³-hybridized carbons (Fsp3) is 0.400. The number of pyridine rings is 1. The molecule has 0 spiro atoms. The standard InChI is InChI=1S/C10H12BrN3O4/c1-3-7(10(15)16)13(2)9-6(11)4-12-5-8(9)14(17)18/h4-5,7H,3H2,1-2H3,(H,15,16). The van der Waals surface area contributed by atoms with Crippen molar-refractivity contribution in [1.82, 2.24) is 4.98 Å². The first kappa shape index (κ1) is 14.4. The number of anilines is 1. The van der Waals surface area contributed by atoms with Gasteiger partial charge in [0.1, 0.15) is 17.9 Å². The Labute approximate surface area is 112 Å². The highest BCUT2D eigenvalue weighted by atomic mass is 79.9. The first-order valence-corrected chi connectivity index (χ1v) is 5.93. The van der Waals surface area contributed by atoms with E-state index in [1.807, 2.05) is 0 Å². The highest BCUT2D eigenvalue weighted by molar-refractivity contribution is 9.10. The molecule has 0 aromatic carbocycles. The topological polar surface area (TPSA) is 96.6 Å². The van der Waals surface area contributed by atoms with E-state index in [9.17, 15) is 14.9 Å². The van der Waals surface area contributed by atoms with Gasteiger partial charge in [0, 0.05) is 13.2 Å². The molecule has 0 fully saturated rings. The van der Waals surface area contributed by atoms with Crippen LogP contribution in [0.1, 0.15) is 13.3 Å². The smallest absolute Gasteiger partial charge is 0.326 e. The van der Waals surface area contributed by atoms with Gasteiger partial charge in [-0.1, -0.05) is 6.92 Å². The van der Waals surface area contributed by atoms with Gasteiger partial charge in [-0.05, 0) is 22.4 Å². The van der Waals surface area contributed by atoms with Gasteiger partial charge in [0.05, 0.1) is 9.40 Å². The van der Waals surface area contributed by atoms with Crippen molar-refractivity contribution in [3.05, 3.63) is 27.0 Å². The summed E-state index contributed by atoms with van der Waals surface area (Å²) in [6, 6.07) is -0.831. The van der Waals surface area contributed by atoms with E-state index in [0.29, 0.717) is 10.9 Å². The number of halogens is 1. The van der Waals surface area contributed by atoms with Crippen molar-refractivity contribution in [2.45, 2.75) is 19.4 Å². The summed E-state index contributed by atoms with van der Waals surface area (Å²) in [6.45, 7) is 1.70. The summed E-state index contributed by atoms with van der Waals surface area (Å²) in [7, 11) is 1.51. The average Bonchev–Trinajstić information content (AvgIpc) is 2.28. The number of hydrogen-bond donors (Lipinski definition) is 1. The highest BCUT2D eigenvalue weighted by Crippen LogP contribution is 2.35. The van der Waals surface area contributed by atoms with Gasteiger partial charge in [0.15, 0.2) is 0 Å². The zero-order valence-electron chi connectivity index (χ0n) is 9.83. The largest absolute Gasteiger partial charge is 0.480 e. The molecule has 1 atom stereocenters. The number of carboxylic acids is 1. The second-order valence-corrected chi connectivity index (χ2v) is 4.47. The van der Waals surface area contributed by atoms with Crippen LogP contribution in [0.25, 0.3) is 0 Å². The van der Waals surface area contributed by atoms with Crippen LogP contribution in [-0.2, 0) is 4.79 Å². The van der Waals surface area contributed by atoms with Crippen molar-refractivity contribution in [1.29, 1.82) is 0 Å². The fourth-order valence-electron chi connectivity index (χ4n) is 1.67. The Kier molecular flexibility index (Phi) is 4.60. The van der Waals surface area contributed by atoms with Crippen LogP contribution in [0.3, 0.4) is 0 Å². The van der Waals surface area contributed by atoms with Gasteiger partial charge in [-0.3, -0.25) is 15.1 Å². The number of rotatable bonds is 5. The molecule has 1 aromatic rings. The maximum absolute atomic E-state index is 11.1. The van der Waals surface area contributed by atoms with Crippen molar-refractivity contribution >= 4 is 33.3 Å². The fourth-order valence-corrected chi connectivity index (χ4v) is 2.27. The molecule has 0 aliphatic heterocycles. The molecule has 1 unspecified atom stereocenters. The molecule has 1 heterocycles. The number of likely N-dealkylation sites (N-methyl/N-ethyl adjacent to an activating group) is 1. The summed E-state index contributed by atoms with van der Waals surface area (Å²) in [4.78, 5) is 26.5. The number of carbonyl (C=O) groups is 1. The van der Waals surface area contributed by atoms with Crippen molar-refractivity contribution in [3.63, 3.8) is 0 Å². The molecular weight excluding hydrogens is 306 g/mol. The van der Waals surface area contributed by atoms with Crippen LogP contribution >= 0.6 is 15.9 Å². The normalized spacial score (nSPS) is 11.9. The van der Waals surface area contributed by atoms with Crippen LogP contribution in [0.4, 0.5) is 11.4 Å². The summed E-state index contributed by atoms with van der Waals surface area (Å²) in [5, 5.41) is 20.0. The number of carboxylic acid groups (broad SMARTS) is 1. The zero-order valence-corrected chi connectivity index (χ0v) is 11.4. The summed E-state index contributed by atoms with van der Waals surface area (Å²) in [5.41, 5.74) is -0.0178. The molecule has 18 heavy (non-hydrogen) atoms. The summed E-state index contributed by atoms with van der Waals surface area (Å²) >= 11 is 3.16. The number of hydrogen-bond acceptors (Lipinski definition) is 5. The Hall–Kier alpha value is -1.70. The van der Waals surface area contributed by atoms with Gasteiger partial charge in [0.2, 0.25) is 0 Å². The molecule has 0 aliphatic rings. The molecule has 0 bridgehead atoms. The van der Waals surface area contributed by atoms with Gasteiger partial charge in [0.25, 0.3) is 0 Å². The van der Waals surface area contributed by atoms with Crippen molar-refractivity contribution in [3.8, 4) is 0 Å². The van der Waals surface area contributed by atoms with Crippen LogP contribution < -0.4 is 4.90 Å². The molecule has 0 aliphatic carbocycles. The molecule has 1 aromatic heterocycles. The Balaban J connectivity index is 3.31. The predicted octanol–water partition coefficient (Wildman–Crippen LogP) is 2.05. The molecule has 1 N–H and O–H groups in total. The number of aliphatic carboxylic acids is 1. The van der Waals surface area contributed by atoms with Crippen LogP contribution in [-0.4, -0.2) is 34.1 Å². The lowest BCUT2D eigenvalue weighted by Gasteiger charge is -2.26. The van der Waals surface area contributed by atoms with E-state index in [-0.39, 0.29) is 11.4 Å². The molecule has 1 rings (SSSR count). The molecule has 0 saturated carbocycles. The van der Waals surface area contributed by atoms with Crippen LogP contribution in [0.5, 0.6) is 0 Å². The summed E-state index contributed by atoms with van der Waals surface area (Å²) < 4.78 is 0.388. The van der Waals surface area contributed by atoms with E-state index in [1.165, 1.54) is 18.1 Å². The molecule has 0 radical (unpaired) electrons. The van der Waals surface area contributed by atoms with Crippen molar-refractivity contribution < 1.29 is 14.8 Å². The molecule has 0 amide bonds. The third-order valence-corrected chi connectivity index (χ3v) is 3.12. The van der Waals surface area contributed by atoms with E-state index in [1.54, 1.807) is 6.92 Å². The van der Waals surface area contributed by atoms with E-state index in [4.69, 9.17) is 5.11 Å². The number of nitro groups is 1. The molecule has 0 saturated heterocycles. The van der Waals surface area contributed by atoms with E-state index in [2.05, 4.69) is 20.9 Å². The Bertz CT molecular complexity index is 480. The monoisotopic (exact) mass is 317 g/mol. The van der Waals surface area contributed by atoms with Gasteiger partial charge in [-0.15, -0.1) is 0 Å². The summed E-state index contributed by atoms with van der Waals surface area (Å²) in [5.74, 6) is -1.03. The van der Waals surface area contributed by atoms with Crippen LogP contribution in [0.2, 0.25) is 0 Å². The SMILES string of the molecule is CCC(C(=O)O)N(C)c1c(Br)cncc1[N+](=O)[O-]. The molecule has 98 valence electrons. The van der Waals surface area contributed by atoms with E-state index >= 15 is 0 Å². The second-order valence-electron chi connectivity index (χ2n) is 3.62. The lowest BCUT2D eigenvalue weighted by atomic mass is 10.2. The van der Waals surface area contributed by atoms with Gasteiger partial charge < -0.3 is 10.0 Å². The van der Waals surface area contributed by atoms with Crippen molar-refractivity contribution in [2.24, 2.45) is 0 Å². The van der Waals surface area contributed by atoms with Gasteiger partial charge in [-0.2, -0.15) is 0 Å². The Morgan fingerprint density at radius 2 is 2.28 bits per heavy atom. The summed E-state index contributed by atoms with van der Waals surface area (Å²) in [6.07, 6.45) is 2.83. The zero-order chi connectivity index (χ0) is 13.9. The Morgan fingerprint density at radius 3 is 2.72 bits per heavy atom. The quantitative estimate of drug-likeness (QED) is 0.659.